The van der Waals surface area contributed by atoms with E-state index in [-0.39, 0.29) is 12.0 Å². The number of benzene rings is 2. The van der Waals surface area contributed by atoms with Gasteiger partial charge in [-0.25, -0.2) is 9.49 Å². The first-order chi connectivity index (χ1) is 13.6. The molecule has 1 saturated heterocycles. The lowest BCUT2D eigenvalue weighted by Crippen LogP contribution is -2.42. The largest absolute Gasteiger partial charge is 0.381 e. The minimum Gasteiger partial charge on any atom is -0.381 e. The summed E-state index contributed by atoms with van der Waals surface area (Å²) in [6.45, 7) is 1.39. The smallest absolute Gasteiger partial charge is 0.272 e. The monoisotopic (exact) mass is 399 g/mol. The summed E-state index contributed by atoms with van der Waals surface area (Å²) in [5, 5.41) is 12.1. The van der Waals surface area contributed by atoms with E-state index in [0.717, 1.165) is 24.1 Å². The van der Waals surface area contributed by atoms with Gasteiger partial charge in [-0.3, -0.25) is 4.79 Å². The van der Waals surface area contributed by atoms with Gasteiger partial charge in [0.1, 0.15) is 5.82 Å². The molecule has 3 heterocycles. The van der Waals surface area contributed by atoms with E-state index in [0.29, 0.717) is 40.6 Å². The topological polar surface area (TPSA) is 67.0 Å². The Hall–Kier alpha value is -2.44. The number of ether oxygens (including phenoxy) is 1. The molecule has 0 aliphatic carbocycles. The minimum atomic E-state index is -0.445. The normalized spacial score (nSPS) is 22.2. The number of rotatable bonds is 2. The Bertz CT molecular complexity index is 1110. The van der Waals surface area contributed by atoms with Gasteiger partial charge in [-0.15, -0.1) is 0 Å². The average Bonchev–Trinajstić information content (AvgIpc) is 2.71. The van der Waals surface area contributed by atoms with Gasteiger partial charge in [0.15, 0.2) is 0 Å². The summed E-state index contributed by atoms with van der Waals surface area (Å²) < 4.78 is 19.8. The van der Waals surface area contributed by atoms with E-state index in [1.165, 1.54) is 12.1 Å². The van der Waals surface area contributed by atoms with Crippen LogP contribution in [0.15, 0.2) is 41.2 Å². The Morgan fingerprint density at radius 1 is 1.18 bits per heavy atom. The predicted octanol–water partition coefficient (Wildman–Crippen LogP) is 4.07. The maximum Gasteiger partial charge on any atom is 0.272 e. The van der Waals surface area contributed by atoms with Crippen molar-refractivity contribution in [3.05, 3.63) is 68.8 Å². The summed E-state index contributed by atoms with van der Waals surface area (Å²) in [5.74, 6) is -0.288. The summed E-state index contributed by atoms with van der Waals surface area (Å²) >= 11 is 6.57. The molecule has 0 radical (unpaired) electrons. The highest BCUT2D eigenvalue weighted by atomic mass is 35.5. The molecule has 2 atom stereocenters. The number of hydrogen-bond acceptors (Lipinski definition) is 4. The molecule has 1 fully saturated rings. The molecular weight excluding hydrogens is 381 g/mol. The zero-order valence-corrected chi connectivity index (χ0v) is 15.8. The van der Waals surface area contributed by atoms with Crippen molar-refractivity contribution in [1.29, 1.82) is 0 Å². The molecule has 0 amide bonds. The molecule has 2 aromatic carbocycles. The van der Waals surface area contributed by atoms with Crippen LogP contribution in [-0.2, 0) is 4.74 Å². The van der Waals surface area contributed by atoms with Gasteiger partial charge >= 0.3 is 0 Å². The summed E-state index contributed by atoms with van der Waals surface area (Å²) in [6.07, 6.45) is 1.80. The van der Waals surface area contributed by atoms with E-state index >= 15 is 0 Å². The first-order valence-electron chi connectivity index (χ1n) is 9.44. The van der Waals surface area contributed by atoms with E-state index in [1.54, 1.807) is 0 Å². The average molecular weight is 400 g/mol. The predicted molar refractivity (Wildman–Crippen MR) is 107 cm³/mol. The van der Waals surface area contributed by atoms with Gasteiger partial charge in [0.25, 0.3) is 5.56 Å². The van der Waals surface area contributed by atoms with Gasteiger partial charge in [0.05, 0.1) is 17.0 Å². The molecule has 1 aromatic heterocycles. The van der Waals surface area contributed by atoms with Crippen molar-refractivity contribution in [2.24, 2.45) is 5.92 Å². The second-order valence-electron chi connectivity index (χ2n) is 7.43. The van der Waals surface area contributed by atoms with Crippen molar-refractivity contribution < 1.29 is 9.13 Å². The minimum absolute atomic E-state index is 0.0281. The fraction of sp³-hybridized carbons (Fsp3) is 0.333. The molecule has 0 saturated carbocycles. The zero-order chi connectivity index (χ0) is 19.3. The lowest BCUT2D eigenvalue weighted by atomic mass is 9.75. The molecule has 0 bridgehead atoms. The second-order valence-corrected chi connectivity index (χ2v) is 7.84. The Morgan fingerprint density at radius 2 is 1.96 bits per heavy atom. The third-order valence-electron chi connectivity index (χ3n) is 5.87. The number of anilines is 1. The third-order valence-corrected chi connectivity index (χ3v) is 6.22. The number of aromatic amines is 1. The van der Waals surface area contributed by atoms with Crippen molar-refractivity contribution in [1.82, 2.24) is 10.2 Å². The first kappa shape index (κ1) is 17.6. The Morgan fingerprint density at radius 3 is 2.75 bits per heavy atom. The number of nitrogens with one attached hydrogen (secondary N) is 2. The SMILES string of the molecule is O=c1[nH]nc2c3c(cc(F)cc13)NC(C1CCOCC1)C2c1ccccc1Cl. The van der Waals surface area contributed by atoms with Gasteiger partial charge in [-0.2, -0.15) is 5.10 Å². The highest BCUT2D eigenvalue weighted by molar-refractivity contribution is 6.31. The van der Waals surface area contributed by atoms with Crippen molar-refractivity contribution in [3.8, 4) is 0 Å². The molecule has 7 heteroatoms. The van der Waals surface area contributed by atoms with Crippen LogP contribution < -0.4 is 10.9 Å². The molecule has 3 aromatic rings. The number of H-pyrrole nitrogens is 1. The molecule has 28 heavy (non-hydrogen) atoms. The van der Waals surface area contributed by atoms with Crippen LogP contribution in [0.4, 0.5) is 10.1 Å². The van der Waals surface area contributed by atoms with E-state index < -0.39 is 11.4 Å². The zero-order valence-electron chi connectivity index (χ0n) is 15.0. The third kappa shape index (κ3) is 2.79. The van der Waals surface area contributed by atoms with E-state index in [1.807, 2.05) is 24.3 Å². The van der Waals surface area contributed by atoms with Crippen molar-refractivity contribution in [2.75, 3.05) is 18.5 Å². The van der Waals surface area contributed by atoms with Gasteiger partial charge in [0, 0.05) is 35.4 Å². The van der Waals surface area contributed by atoms with Gasteiger partial charge in [0.2, 0.25) is 0 Å². The van der Waals surface area contributed by atoms with Crippen LogP contribution in [0.3, 0.4) is 0 Å². The molecule has 2 unspecified atom stereocenters. The summed E-state index contributed by atoms with van der Waals surface area (Å²) in [6, 6.07) is 10.4. The maximum atomic E-state index is 14.2. The van der Waals surface area contributed by atoms with E-state index in [4.69, 9.17) is 16.3 Å². The second kappa shape index (κ2) is 6.87. The van der Waals surface area contributed by atoms with Crippen LogP contribution in [0.2, 0.25) is 5.02 Å². The highest BCUT2D eigenvalue weighted by Gasteiger charge is 2.39. The fourth-order valence-electron chi connectivity index (χ4n) is 4.59. The molecule has 2 N–H and O–H groups in total. The Balaban J connectivity index is 1.77. The van der Waals surface area contributed by atoms with Gasteiger partial charge in [-0.05, 0) is 42.5 Å². The maximum absolute atomic E-state index is 14.2. The summed E-state index contributed by atoms with van der Waals surface area (Å²) in [5.41, 5.74) is 1.89. The molecule has 5 nitrogen and oxygen atoms in total. The van der Waals surface area contributed by atoms with Crippen LogP contribution in [0.25, 0.3) is 10.8 Å². The number of nitrogens with zero attached hydrogens (tertiary/aromatic N) is 1. The summed E-state index contributed by atoms with van der Waals surface area (Å²) in [7, 11) is 0. The standard InChI is InChI=1S/C21H19ClFN3O2/c22-15-4-2-1-3-13(15)18-19(11-5-7-28-8-6-11)24-16-10-12(23)9-14-17(16)20(18)25-26-21(14)27/h1-4,9-11,18-19,24H,5-8H2,(H,26,27). The molecular formula is C21H19ClFN3O2. The van der Waals surface area contributed by atoms with Crippen molar-refractivity contribution in [3.63, 3.8) is 0 Å². The lowest BCUT2D eigenvalue weighted by Gasteiger charge is -2.40. The number of aromatic nitrogens is 2. The molecule has 2 aliphatic rings. The first-order valence-corrected chi connectivity index (χ1v) is 9.82. The van der Waals surface area contributed by atoms with E-state index in [2.05, 4.69) is 15.5 Å². The summed E-state index contributed by atoms with van der Waals surface area (Å²) in [4.78, 5) is 12.3. The Kier molecular flexibility index (Phi) is 4.33. The van der Waals surface area contributed by atoms with E-state index in [9.17, 15) is 9.18 Å². The number of hydrogen-bond donors (Lipinski definition) is 2. The van der Waals surface area contributed by atoms with Gasteiger partial charge < -0.3 is 10.1 Å². The van der Waals surface area contributed by atoms with Crippen LogP contribution in [0.5, 0.6) is 0 Å². The molecule has 144 valence electrons. The molecule has 0 spiro atoms. The fourth-order valence-corrected chi connectivity index (χ4v) is 4.85. The van der Waals surface area contributed by atoms with Crippen LogP contribution in [0, 0.1) is 11.7 Å². The quantitative estimate of drug-likeness (QED) is 0.681. The van der Waals surface area contributed by atoms with Crippen LogP contribution >= 0.6 is 11.6 Å². The van der Waals surface area contributed by atoms with Crippen LogP contribution in [0.1, 0.15) is 30.0 Å². The molecule has 5 rings (SSSR count). The van der Waals surface area contributed by atoms with Gasteiger partial charge in [-0.1, -0.05) is 29.8 Å². The van der Waals surface area contributed by atoms with Crippen molar-refractivity contribution >= 4 is 28.1 Å². The highest BCUT2D eigenvalue weighted by Crippen LogP contribution is 2.45. The lowest BCUT2D eigenvalue weighted by molar-refractivity contribution is 0.0587. The molecule has 2 aliphatic heterocycles. The van der Waals surface area contributed by atoms with Crippen LogP contribution in [-0.4, -0.2) is 29.5 Å². The number of halogens is 2. The van der Waals surface area contributed by atoms with Crippen molar-refractivity contribution in [2.45, 2.75) is 24.8 Å². The Labute approximate surface area is 165 Å².